The fraction of sp³-hybridized carbons (Fsp3) is 0.300. The average molecular weight is 286 g/mol. The Morgan fingerprint density at radius 1 is 1.44 bits per heavy atom. The van der Waals surface area contributed by atoms with Crippen molar-refractivity contribution in [2.45, 2.75) is 20.8 Å². The first-order valence-electron chi connectivity index (χ1n) is 4.88. The number of aromatic nitrogens is 2. The van der Waals surface area contributed by atoms with Gasteiger partial charge in [0.25, 0.3) is 5.69 Å². The molecule has 0 fully saturated rings. The third-order valence-corrected chi connectivity index (χ3v) is 2.65. The lowest BCUT2D eigenvalue weighted by molar-refractivity contribution is -0.385. The van der Waals surface area contributed by atoms with Gasteiger partial charge in [-0.2, -0.15) is 5.10 Å². The predicted molar refractivity (Wildman–Crippen MR) is 66.5 cm³/mol. The van der Waals surface area contributed by atoms with Gasteiger partial charge in [0, 0.05) is 17.1 Å². The molecule has 0 spiro atoms. The molecule has 0 unspecified atom stereocenters. The van der Waals surface area contributed by atoms with Crippen LogP contribution in [0, 0.1) is 17.0 Å². The molecule has 0 radical (unpaired) electrons. The van der Waals surface area contributed by atoms with Crippen LogP contribution in [0.3, 0.4) is 0 Å². The highest BCUT2D eigenvalue weighted by Gasteiger charge is 2.14. The fourth-order valence-electron chi connectivity index (χ4n) is 1.29. The third kappa shape index (κ3) is 2.21. The van der Waals surface area contributed by atoms with E-state index in [0.717, 1.165) is 11.1 Å². The molecular formula is C10H12BrN3O2. The second-order valence-corrected chi connectivity index (χ2v) is 3.78. The van der Waals surface area contributed by atoms with Gasteiger partial charge in [0.1, 0.15) is 0 Å². The molecule has 0 saturated carbocycles. The Morgan fingerprint density at radius 3 is 2.62 bits per heavy atom. The van der Waals surface area contributed by atoms with E-state index in [1.54, 1.807) is 6.07 Å². The van der Waals surface area contributed by atoms with Gasteiger partial charge in [-0.25, -0.2) is 0 Å². The molecule has 0 aliphatic carbocycles. The summed E-state index contributed by atoms with van der Waals surface area (Å²) in [6, 6.07) is 3.15. The molecule has 0 aliphatic heterocycles. The van der Waals surface area contributed by atoms with Crippen LogP contribution in [0.25, 0.3) is 10.9 Å². The van der Waals surface area contributed by atoms with Gasteiger partial charge in [0.2, 0.25) is 0 Å². The van der Waals surface area contributed by atoms with E-state index in [-0.39, 0.29) is 5.69 Å². The highest BCUT2D eigenvalue weighted by Crippen LogP contribution is 2.30. The van der Waals surface area contributed by atoms with Crippen LogP contribution in [0.5, 0.6) is 0 Å². The third-order valence-electron chi connectivity index (χ3n) is 2.01. The van der Waals surface area contributed by atoms with Crippen LogP contribution in [-0.2, 0) is 0 Å². The number of aryl methyl sites for hydroxylation is 1. The summed E-state index contributed by atoms with van der Waals surface area (Å²) in [7, 11) is 0. The van der Waals surface area contributed by atoms with Crippen molar-refractivity contribution in [3.63, 3.8) is 0 Å². The van der Waals surface area contributed by atoms with Crippen molar-refractivity contribution < 1.29 is 4.92 Å². The molecule has 6 heteroatoms. The largest absolute Gasteiger partial charge is 0.285 e. The van der Waals surface area contributed by atoms with Crippen LogP contribution < -0.4 is 0 Å². The van der Waals surface area contributed by atoms with Crippen molar-refractivity contribution in [1.29, 1.82) is 0 Å². The van der Waals surface area contributed by atoms with Gasteiger partial charge >= 0.3 is 0 Å². The maximum atomic E-state index is 10.6. The lowest BCUT2D eigenvalue weighted by Gasteiger charge is -1.95. The SMILES string of the molecule is CC.Cc1[nH]nc2cc([N+](=O)[O-])c(Br)cc12. The standard InChI is InChI=1S/C8H6BrN3O2.C2H6/c1-4-5-2-6(9)8(12(13)14)3-7(5)11-10-4;1-2/h2-3H,1H3,(H,10,11);1-2H3. The van der Waals surface area contributed by atoms with Crippen molar-refractivity contribution in [1.82, 2.24) is 10.2 Å². The number of halogens is 1. The smallest absolute Gasteiger partial charge is 0.282 e. The van der Waals surface area contributed by atoms with Gasteiger partial charge < -0.3 is 0 Å². The van der Waals surface area contributed by atoms with Crippen molar-refractivity contribution in [2.75, 3.05) is 0 Å². The van der Waals surface area contributed by atoms with Gasteiger partial charge in [-0.1, -0.05) is 13.8 Å². The van der Waals surface area contributed by atoms with Crippen molar-refractivity contribution in [3.05, 3.63) is 32.4 Å². The van der Waals surface area contributed by atoms with Gasteiger partial charge in [-0.15, -0.1) is 0 Å². The van der Waals surface area contributed by atoms with Gasteiger partial charge in [0.15, 0.2) is 0 Å². The van der Waals surface area contributed by atoms with Crippen LogP contribution in [0.1, 0.15) is 19.5 Å². The Labute approximate surface area is 101 Å². The van der Waals surface area contributed by atoms with Crippen molar-refractivity contribution in [2.24, 2.45) is 0 Å². The van der Waals surface area contributed by atoms with E-state index < -0.39 is 4.92 Å². The first-order chi connectivity index (χ1) is 7.59. The Kier molecular flexibility index (Phi) is 4.00. The molecule has 1 N–H and O–H groups in total. The molecule has 2 aromatic rings. The molecule has 1 heterocycles. The minimum Gasteiger partial charge on any atom is -0.282 e. The van der Waals surface area contributed by atoms with E-state index in [1.165, 1.54) is 6.07 Å². The number of nitrogens with zero attached hydrogens (tertiary/aromatic N) is 2. The van der Waals surface area contributed by atoms with Gasteiger partial charge in [-0.3, -0.25) is 15.2 Å². The molecule has 0 amide bonds. The average Bonchev–Trinajstić information content (AvgIpc) is 2.62. The van der Waals surface area contributed by atoms with Gasteiger partial charge in [-0.05, 0) is 28.9 Å². The van der Waals surface area contributed by atoms with Crippen molar-refractivity contribution >= 4 is 32.5 Å². The maximum Gasteiger partial charge on any atom is 0.285 e. The minimum atomic E-state index is -0.437. The maximum absolute atomic E-state index is 10.6. The van der Waals surface area contributed by atoms with E-state index in [9.17, 15) is 10.1 Å². The normalized spacial score (nSPS) is 9.75. The highest BCUT2D eigenvalue weighted by atomic mass is 79.9. The number of nitro groups is 1. The lowest BCUT2D eigenvalue weighted by Crippen LogP contribution is -1.89. The molecule has 2 rings (SSSR count). The van der Waals surface area contributed by atoms with Crippen LogP contribution in [0.2, 0.25) is 0 Å². The summed E-state index contributed by atoms with van der Waals surface area (Å²) in [5.41, 5.74) is 1.54. The summed E-state index contributed by atoms with van der Waals surface area (Å²) in [5.74, 6) is 0. The molecular weight excluding hydrogens is 274 g/mol. The molecule has 1 aromatic carbocycles. The predicted octanol–water partition coefficient (Wildman–Crippen LogP) is 3.57. The molecule has 86 valence electrons. The van der Waals surface area contributed by atoms with E-state index in [2.05, 4.69) is 26.1 Å². The quantitative estimate of drug-likeness (QED) is 0.643. The van der Waals surface area contributed by atoms with Crippen LogP contribution in [0.15, 0.2) is 16.6 Å². The number of benzene rings is 1. The summed E-state index contributed by atoms with van der Waals surface area (Å²) < 4.78 is 0.472. The minimum absolute atomic E-state index is 0.0315. The number of hydrogen-bond donors (Lipinski definition) is 1. The summed E-state index contributed by atoms with van der Waals surface area (Å²) in [6.45, 7) is 5.87. The molecule has 1 aromatic heterocycles. The van der Waals surface area contributed by atoms with Crippen LogP contribution in [0.4, 0.5) is 5.69 Å². The first-order valence-corrected chi connectivity index (χ1v) is 5.67. The zero-order chi connectivity index (χ0) is 12.3. The molecule has 0 atom stereocenters. The number of H-pyrrole nitrogens is 1. The molecule has 0 bridgehead atoms. The number of nitrogens with one attached hydrogen (secondary N) is 1. The van der Waals surface area contributed by atoms with E-state index in [0.29, 0.717) is 9.99 Å². The molecule has 0 saturated heterocycles. The van der Waals surface area contributed by atoms with Crippen molar-refractivity contribution in [3.8, 4) is 0 Å². The topological polar surface area (TPSA) is 71.8 Å². The van der Waals surface area contributed by atoms with E-state index in [4.69, 9.17) is 0 Å². The summed E-state index contributed by atoms with van der Waals surface area (Å²) in [6.07, 6.45) is 0. The summed E-state index contributed by atoms with van der Waals surface area (Å²) in [5, 5.41) is 18.2. The highest BCUT2D eigenvalue weighted by molar-refractivity contribution is 9.10. The van der Waals surface area contributed by atoms with Gasteiger partial charge in [0.05, 0.1) is 14.9 Å². The summed E-state index contributed by atoms with van der Waals surface area (Å²) in [4.78, 5) is 10.2. The number of hydrogen-bond acceptors (Lipinski definition) is 3. The Morgan fingerprint density at radius 2 is 2.06 bits per heavy atom. The van der Waals surface area contributed by atoms with Crippen LogP contribution >= 0.6 is 15.9 Å². The number of nitro benzene ring substituents is 1. The molecule has 0 aliphatic rings. The number of rotatable bonds is 1. The molecule has 5 nitrogen and oxygen atoms in total. The second-order valence-electron chi connectivity index (χ2n) is 2.93. The summed E-state index contributed by atoms with van der Waals surface area (Å²) >= 11 is 3.15. The van der Waals surface area contributed by atoms with Crippen LogP contribution in [-0.4, -0.2) is 15.1 Å². The first kappa shape index (κ1) is 12.6. The number of fused-ring (bicyclic) bond motifs is 1. The Hall–Kier alpha value is -1.43. The second kappa shape index (κ2) is 5.07. The fourth-order valence-corrected chi connectivity index (χ4v) is 1.78. The Balaban J connectivity index is 0.000000606. The monoisotopic (exact) mass is 285 g/mol. The number of aromatic amines is 1. The zero-order valence-electron chi connectivity index (χ0n) is 9.24. The van der Waals surface area contributed by atoms with E-state index >= 15 is 0 Å². The molecule has 16 heavy (non-hydrogen) atoms. The lowest BCUT2D eigenvalue weighted by atomic mass is 10.2. The Bertz CT molecular complexity index is 522. The van der Waals surface area contributed by atoms with E-state index in [1.807, 2.05) is 20.8 Å². The zero-order valence-corrected chi connectivity index (χ0v) is 10.8.